The zero-order valence-corrected chi connectivity index (χ0v) is 13.7. The van der Waals surface area contributed by atoms with Crippen molar-refractivity contribution in [1.29, 1.82) is 0 Å². The molecule has 0 heterocycles. The maximum Gasteiger partial charge on any atom is 0.0410 e. The molecule has 1 aliphatic carbocycles. The highest BCUT2D eigenvalue weighted by Crippen LogP contribution is 2.29. The molecule has 20 heavy (non-hydrogen) atoms. The molecule has 0 atom stereocenters. The summed E-state index contributed by atoms with van der Waals surface area (Å²) in [5, 5.41) is 4.32. The Labute approximate surface area is 128 Å². The highest BCUT2D eigenvalue weighted by atomic mass is 35.5. The minimum atomic E-state index is 0.488. The van der Waals surface area contributed by atoms with E-state index in [0.29, 0.717) is 6.04 Å². The molecule has 112 valence electrons. The fraction of sp³-hybridized carbons (Fsp3) is 0.647. The van der Waals surface area contributed by atoms with E-state index in [0.717, 1.165) is 24.0 Å². The molecule has 1 fully saturated rings. The zero-order valence-electron chi connectivity index (χ0n) is 13.0. The minimum absolute atomic E-state index is 0.488. The van der Waals surface area contributed by atoms with Crippen molar-refractivity contribution >= 4 is 17.3 Å². The van der Waals surface area contributed by atoms with Crippen LogP contribution in [0.3, 0.4) is 0 Å². The van der Waals surface area contributed by atoms with Gasteiger partial charge in [-0.15, -0.1) is 0 Å². The van der Waals surface area contributed by atoms with E-state index in [1.54, 1.807) is 0 Å². The van der Waals surface area contributed by atoms with E-state index in [9.17, 15) is 0 Å². The average Bonchev–Trinajstić information content (AvgIpc) is 2.89. The summed E-state index contributed by atoms with van der Waals surface area (Å²) in [6.07, 6.45) is 5.58. The van der Waals surface area contributed by atoms with Crippen molar-refractivity contribution in [1.82, 2.24) is 5.32 Å². The number of benzene rings is 1. The van der Waals surface area contributed by atoms with Gasteiger partial charge in [-0.2, -0.15) is 0 Å². The quantitative estimate of drug-likeness (QED) is 0.833. The Bertz CT molecular complexity index is 425. The Morgan fingerprint density at radius 3 is 2.65 bits per heavy atom. The van der Waals surface area contributed by atoms with Crippen LogP contribution in [0.2, 0.25) is 5.02 Å². The largest absolute Gasteiger partial charge is 0.374 e. The third-order valence-electron chi connectivity index (χ3n) is 4.16. The van der Waals surface area contributed by atoms with Gasteiger partial charge < -0.3 is 10.2 Å². The minimum Gasteiger partial charge on any atom is -0.374 e. The van der Waals surface area contributed by atoms with Crippen LogP contribution in [0, 0.1) is 5.92 Å². The molecule has 0 amide bonds. The summed E-state index contributed by atoms with van der Waals surface area (Å²) < 4.78 is 0. The first kappa shape index (κ1) is 15.7. The highest BCUT2D eigenvalue weighted by Gasteiger charge is 2.18. The molecule has 2 nitrogen and oxygen atoms in total. The maximum absolute atomic E-state index is 6.16. The molecule has 0 aliphatic heterocycles. The van der Waals surface area contributed by atoms with Crippen LogP contribution in [-0.2, 0) is 6.54 Å². The summed E-state index contributed by atoms with van der Waals surface area (Å²) in [7, 11) is 2.21. The Hall–Kier alpha value is -0.730. The van der Waals surface area contributed by atoms with E-state index in [4.69, 9.17) is 11.6 Å². The van der Waals surface area contributed by atoms with Gasteiger partial charge in [0.05, 0.1) is 0 Å². The first-order valence-electron chi connectivity index (χ1n) is 7.79. The van der Waals surface area contributed by atoms with Crippen LogP contribution in [0.4, 0.5) is 5.69 Å². The van der Waals surface area contributed by atoms with Gasteiger partial charge >= 0.3 is 0 Å². The molecular weight excluding hydrogens is 268 g/mol. The second-order valence-corrected chi connectivity index (χ2v) is 6.78. The fourth-order valence-corrected chi connectivity index (χ4v) is 3.26. The lowest BCUT2D eigenvalue weighted by atomic mass is 10.1. The SMILES string of the molecule is CC(C)NCc1cc(Cl)ccc1N(C)CC1CCCC1. The van der Waals surface area contributed by atoms with Crippen molar-refractivity contribution < 1.29 is 0 Å². The van der Waals surface area contributed by atoms with Crippen molar-refractivity contribution in [2.24, 2.45) is 5.92 Å². The monoisotopic (exact) mass is 294 g/mol. The molecule has 0 saturated heterocycles. The van der Waals surface area contributed by atoms with Crippen LogP contribution < -0.4 is 10.2 Å². The smallest absolute Gasteiger partial charge is 0.0410 e. The Balaban J connectivity index is 2.07. The fourth-order valence-electron chi connectivity index (χ4n) is 3.06. The van der Waals surface area contributed by atoms with Crippen molar-refractivity contribution in [3.63, 3.8) is 0 Å². The van der Waals surface area contributed by atoms with Crippen molar-refractivity contribution in [3.05, 3.63) is 28.8 Å². The molecule has 1 saturated carbocycles. The zero-order chi connectivity index (χ0) is 14.5. The second-order valence-electron chi connectivity index (χ2n) is 6.34. The van der Waals surface area contributed by atoms with E-state index >= 15 is 0 Å². The van der Waals surface area contributed by atoms with Gasteiger partial charge in [0.15, 0.2) is 0 Å². The molecule has 3 heteroatoms. The molecular formula is C17H27ClN2. The normalized spacial score (nSPS) is 16.1. The number of rotatable bonds is 6. The summed E-state index contributed by atoms with van der Waals surface area (Å²) in [4.78, 5) is 2.41. The summed E-state index contributed by atoms with van der Waals surface area (Å²) in [5.41, 5.74) is 2.61. The molecule has 1 aromatic carbocycles. The van der Waals surface area contributed by atoms with E-state index in [2.05, 4.69) is 43.2 Å². The van der Waals surface area contributed by atoms with Crippen molar-refractivity contribution in [3.8, 4) is 0 Å². The van der Waals surface area contributed by atoms with Crippen LogP contribution in [-0.4, -0.2) is 19.6 Å². The van der Waals surface area contributed by atoms with E-state index < -0.39 is 0 Å². The molecule has 0 radical (unpaired) electrons. The number of anilines is 1. The molecule has 0 unspecified atom stereocenters. The summed E-state index contributed by atoms with van der Waals surface area (Å²) >= 11 is 6.16. The summed E-state index contributed by atoms with van der Waals surface area (Å²) in [6, 6.07) is 6.74. The first-order valence-corrected chi connectivity index (χ1v) is 8.17. The van der Waals surface area contributed by atoms with E-state index in [1.165, 1.54) is 36.9 Å². The number of halogens is 1. The van der Waals surface area contributed by atoms with Crippen molar-refractivity contribution in [2.45, 2.75) is 52.1 Å². The summed E-state index contributed by atoms with van der Waals surface area (Å²) in [5.74, 6) is 0.863. The molecule has 0 aromatic heterocycles. The second kappa shape index (κ2) is 7.33. The van der Waals surface area contributed by atoms with Gasteiger partial charge in [-0.1, -0.05) is 38.3 Å². The van der Waals surface area contributed by atoms with E-state index in [-0.39, 0.29) is 0 Å². The van der Waals surface area contributed by atoms with Crippen LogP contribution in [0.15, 0.2) is 18.2 Å². The van der Waals surface area contributed by atoms with Gasteiger partial charge in [-0.05, 0) is 42.5 Å². The summed E-state index contributed by atoms with van der Waals surface area (Å²) in [6.45, 7) is 6.39. The number of nitrogens with one attached hydrogen (secondary N) is 1. The van der Waals surface area contributed by atoms with Gasteiger partial charge in [0.1, 0.15) is 0 Å². The molecule has 0 bridgehead atoms. The van der Waals surface area contributed by atoms with Crippen LogP contribution in [0.1, 0.15) is 45.1 Å². The molecule has 0 spiro atoms. The van der Waals surface area contributed by atoms with Crippen LogP contribution in [0.5, 0.6) is 0 Å². The maximum atomic E-state index is 6.16. The lowest BCUT2D eigenvalue weighted by molar-refractivity contribution is 0.544. The van der Waals surface area contributed by atoms with Gasteiger partial charge in [0.2, 0.25) is 0 Å². The first-order chi connectivity index (χ1) is 9.56. The third kappa shape index (κ3) is 4.39. The lowest BCUT2D eigenvalue weighted by Crippen LogP contribution is -2.27. The number of hydrogen-bond donors (Lipinski definition) is 1. The predicted octanol–water partition coefficient (Wildman–Crippen LogP) is 4.46. The van der Waals surface area contributed by atoms with Crippen LogP contribution in [0.25, 0.3) is 0 Å². The van der Waals surface area contributed by atoms with Gasteiger partial charge in [-0.25, -0.2) is 0 Å². The third-order valence-corrected chi connectivity index (χ3v) is 4.40. The standard InChI is InChI=1S/C17H27ClN2/c1-13(2)19-11-15-10-16(18)8-9-17(15)20(3)12-14-6-4-5-7-14/h8-10,13-14,19H,4-7,11-12H2,1-3H3. The molecule has 2 rings (SSSR count). The predicted molar refractivity (Wildman–Crippen MR) is 88.7 cm³/mol. The van der Waals surface area contributed by atoms with Crippen LogP contribution >= 0.6 is 11.6 Å². The average molecular weight is 295 g/mol. The number of hydrogen-bond acceptors (Lipinski definition) is 2. The lowest BCUT2D eigenvalue weighted by Gasteiger charge is -2.26. The Kier molecular flexibility index (Phi) is 5.74. The van der Waals surface area contributed by atoms with Gasteiger partial charge in [0, 0.05) is 36.9 Å². The van der Waals surface area contributed by atoms with Crippen molar-refractivity contribution in [2.75, 3.05) is 18.5 Å². The van der Waals surface area contributed by atoms with Gasteiger partial charge in [-0.3, -0.25) is 0 Å². The number of nitrogens with zero attached hydrogens (tertiary/aromatic N) is 1. The Morgan fingerprint density at radius 2 is 2.00 bits per heavy atom. The van der Waals surface area contributed by atoms with Gasteiger partial charge in [0.25, 0.3) is 0 Å². The molecule has 1 aromatic rings. The highest BCUT2D eigenvalue weighted by molar-refractivity contribution is 6.30. The van der Waals surface area contributed by atoms with E-state index in [1.807, 2.05) is 6.07 Å². The molecule has 1 N–H and O–H groups in total. The molecule has 1 aliphatic rings. The Morgan fingerprint density at radius 1 is 1.30 bits per heavy atom. The topological polar surface area (TPSA) is 15.3 Å².